The summed E-state index contributed by atoms with van der Waals surface area (Å²) >= 11 is 6.10. The topological polar surface area (TPSA) is 40.6 Å². The van der Waals surface area contributed by atoms with Gasteiger partial charge in [-0.25, -0.2) is 0 Å². The Bertz CT molecular complexity index is 676. The molecular formula is C19H25ClN2O2. The lowest BCUT2D eigenvalue weighted by atomic mass is 9.86. The molecule has 0 radical (unpaired) electrons. The number of hydrogen-bond donors (Lipinski definition) is 0. The van der Waals surface area contributed by atoms with Crippen LogP contribution in [0.1, 0.15) is 39.7 Å². The first kappa shape index (κ1) is 17.3. The van der Waals surface area contributed by atoms with E-state index < -0.39 is 5.41 Å². The minimum atomic E-state index is -0.650. The van der Waals surface area contributed by atoms with Gasteiger partial charge in [0, 0.05) is 23.8 Å². The molecule has 4 nitrogen and oxygen atoms in total. The van der Waals surface area contributed by atoms with E-state index in [1.165, 1.54) is 0 Å². The smallest absolute Gasteiger partial charge is 0.242 e. The van der Waals surface area contributed by atoms with Crippen molar-refractivity contribution in [2.75, 3.05) is 24.5 Å². The summed E-state index contributed by atoms with van der Waals surface area (Å²) in [5.74, 6) is 1.01. The fourth-order valence-electron chi connectivity index (χ4n) is 4.07. The van der Waals surface area contributed by atoms with Crippen molar-refractivity contribution in [1.82, 2.24) is 4.90 Å². The molecule has 0 spiro atoms. The number of benzene rings is 1. The number of rotatable bonds is 2. The normalized spacial score (nSPS) is 25.8. The molecule has 0 bridgehead atoms. The summed E-state index contributed by atoms with van der Waals surface area (Å²) in [6.45, 7) is 9.80. The van der Waals surface area contributed by atoms with Crippen LogP contribution < -0.4 is 4.90 Å². The Morgan fingerprint density at radius 1 is 1.25 bits per heavy atom. The molecule has 5 heteroatoms. The van der Waals surface area contributed by atoms with Gasteiger partial charge in [0.25, 0.3) is 0 Å². The average Bonchev–Trinajstić information content (AvgIpc) is 2.67. The number of carbonyl (C=O) groups is 2. The molecule has 0 saturated carbocycles. The summed E-state index contributed by atoms with van der Waals surface area (Å²) in [7, 11) is 0. The number of nitrogens with zero attached hydrogens (tertiary/aromatic N) is 2. The Labute approximate surface area is 148 Å². The number of halogens is 1. The van der Waals surface area contributed by atoms with Crippen molar-refractivity contribution in [2.45, 2.75) is 39.5 Å². The maximum Gasteiger partial charge on any atom is 0.242 e. The monoisotopic (exact) mass is 348 g/mol. The molecule has 2 amide bonds. The van der Waals surface area contributed by atoms with Crippen LogP contribution in [0, 0.1) is 11.8 Å². The van der Waals surface area contributed by atoms with Gasteiger partial charge in [-0.2, -0.15) is 0 Å². The van der Waals surface area contributed by atoms with E-state index in [0.29, 0.717) is 16.9 Å². The summed E-state index contributed by atoms with van der Waals surface area (Å²) in [6.07, 6.45) is 1.15. The van der Waals surface area contributed by atoms with Crippen LogP contribution in [0.4, 0.5) is 5.69 Å². The van der Waals surface area contributed by atoms with E-state index in [0.717, 1.165) is 30.8 Å². The predicted octanol–water partition coefficient (Wildman–Crippen LogP) is 3.47. The first-order valence-corrected chi connectivity index (χ1v) is 8.97. The zero-order chi connectivity index (χ0) is 17.6. The third kappa shape index (κ3) is 2.92. The van der Waals surface area contributed by atoms with Gasteiger partial charge in [0.1, 0.15) is 6.54 Å². The van der Waals surface area contributed by atoms with E-state index in [2.05, 4.69) is 13.8 Å². The van der Waals surface area contributed by atoms with Crippen molar-refractivity contribution in [3.8, 4) is 0 Å². The van der Waals surface area contributed by atoms with Gasteiger partial charge in [0.2, 0.25) is 11.8 Å². The molecule has 1 fully saturated rings. The second-order valence-corrected chi connectivity index (χ2v) is 8.36. The minimum Gasteiger partial charge on any atom is -0.341 e. The number of likely N-dealkylation sites (tertiary alicyclic amines) is 1. The summed E-state index contributed by atoms with van der Waals surface area (Å²) in [5.41, 5.74) is 1.05. The highest BCUT2D eigenvalue weighted by molar-refractivity contribution is 6.31. The molecule has 0 aliphatic carbocycles. The van der Waals surface area contributed by atoms with Crippen molar-refractivity contribution in [1.29, 1.82) is 0 Å². The summed E-state index contributed by atoms with van der Waals surface area (Å²) in [6, 6.07) is 5.46. The van der Waals surface area contributed by atoms with Gasteiger partial charge in [-0.1, -0.05) is 25.4 Å². The summed E-state index contributed by atoms with van der Waals surface area (Å²) in [4.78, 5) is 29.2. The second-order valence-electron chi connectivity index (χ2n) is 7.92. The largest absolute Gasteiger partial charge is 0.341 e. The molecule has 2 heterocycles. The molecule has 3 rings (SSSR count). The van der Waals surface area contributed by atoms with Crippen molar-refractivity contribution in [2.24, 2.45) is 11.8 Å². The zero-order valence-corrected chi connectivity index (χ0v) is 15.6. The highest BCUT2D eigenvalue weighted by atomic mass is 35.5. The van der Waals surface area contributed by atoms with Crippen LogP contribution in [-0.2, 0) is 15.0 Å². The summed E-state index contributed by atoms with van der Waals surface area (Å²) in [5, 5.41) is 0.612. The third-order valence-electron chi connectivity index (χ3n) is 5.22. The lowest BCUT2D eigenvalue weighted by molar-refractivity contribution is -0.134. The molecular weight excluding hydrogens is 324 g/mol. The highest BCUT2D eigenvalue weighted by Crippen LogP contribution is 2.42. The Kier molecular flexibility index (Phi) is 4.37. The van der Waals surface area contributed by atoms with E-state index in [-0.39, 0.29) is 18.4 Å². The average molecular weight is 349 g/mol. The van der Waals surface area contributed by atoms with Gasteiger partial charge < -0.3 is 9.80 Å². The fourth-order valence-corrected chi connectivity index (χ4v) is 4.24. The number of piperidine rings is 1. The maximum atomic E-state index is 12.9. The molecule has 24 heavy (non-hydrogen) atoms. The van der Waals surface area contributed by atoms with E-state index in [1.807, 2.05) is 30.9 Å². The number of carbonyl (C=O) groups excluding carboxylic acids is 2. The third-order valence-corrected chi connectivity index (χ3v) is 5.45. The first-order valence-electron chi connectivity index (χ1n) is 8.60. The molecule has 0 unspecified atom stereocenters. The van der Waals surface area contributed by atoms with Gasteiger partial charge in [0.05, 0.1) is 5.41 Å². The van der Waals surface area contributed by atoms with Gasteiger partial charge in [0.15, 0.2) is 0 Å². The van der Waals surface area contributed by atoms with Crippen LogP contribution in [0.3, 0.4) is 0 Å². The SMILES string of the molecule is C[C@@H]1C[C@@H](C)CN(C(=O)CN2C(=O)C(C)(C)c3cc(Cl)ccc32)C1. The molecule has 0 N–H and O–H groups in total. The van der Waals surface area contributed by atoms with E-state index >= 15 is 0 Å². The number of hydrogen-bond acceptors (Lipinski definition) is 2. The van der Waals surface area contributed by atoms with Gasteiger partial charge in [-0.15, -0.1) is 0 Å². The van der Waals surface area contributed by atoms with E-state index in [9.17, 15) is 9.59 Å². The molecule has 1 saturated heterocycles. The maximum absolute atomic E-state index is 12.9. The molecule has 2 aliphatic heterocycles. The molecule has 1 aromatic carbocycles. The van der Waals surface area contributed by atoms with Gasteiger partial charge >= 0.3 is 0 Å². The van der Waals surface area contributed by atoms with E-state index in [1.54, 1.807) is 11.0 Å². The number of amides is 2. The Hall–Kier alpha value is -1.55. The zero-order valence-electron chi connectivity index (χ0n) is 14.8. The highest BCUT2D eigenvalue weighted by Gasteiger charge is 2.45. The van der Waals surface area contributed by atoms with Crippen LogP contribution in [0.2, 0.25) is 5.02 Å². The molecule has 2 aliphatic rings. The van der Waals surface area contributed by atoms with Crippen LogP contribution in [0.5, 0.6) is 0 Å². The molecule has 130 valence electrons. The van der Waals surface area contributed by atoms with Crippen LogP contribution in [-0.4, -0.2) is 36.3 Å². The summed E-state index contributed by atoms with van der Waals surface area (Å²) < 4.78 is 0. The molecule has 0 aromatic heterocycles. The van der Waals surface area contributed by atoms with Crippen molar-refractivity contribution in [3.05, 3.63) is 28.8 Å². The Morgan fingerprint density at radius 2 is 1.88 bits per heavy atom. The molecule has 2 atom stereocenters. The quantitative estimate of drug-likeness (QED) is 0.821. The fraction of sp³-hybridized carbons (Fsp3) is 0.579. The first-order chi connectivity index (χ1) is 11.2. The standard InChI is InChI=1S/C19H25ClN2O2/c1-12-7-13(2)10-21(9-12)17(23)11-22-16-6-5-14(20)8-15(16)19(3,4)18(22)24/h5-6,8,12-13H,7,9-11H2,1-4H3/t12-,13-/m1/s1. The van der Waals surface area contributed by atoms with Gasteiger partial charge in [-0.3, -0.25) is 9.59 Å². The molecule has 1 aromatic rings. The predicted molar refractivity (Wildman–Crippen MR) is 96.4 cm³/mol. The Balaban J connectivity index is 1.83. The Morgan fingerprint density at radius 3 is 2.50 bits per heavy atom. The lowest BCUT2D eigenvalue weighted by Crippen LogP contribution is -2.48. The van der Waals surface area contributed by atoms with Crippen LogP contribution >= 0.6 is 11.6 Å². The number of fused-ring (bicyclic) bond motifs is 1. The van der Waals surface area contributed by atoms with Gasteiger partial charge in [-0.05, 0) is 55.9 Å². The van der Waals surface area contributed by atoms with Crippen molar-refractivity contribution >= 4 is 29.1 Å². The van der Waals surface area contributed by atoms with Crippen molar-refractivity contribution < 1.29 is 9.59 Å². The van der Waals surface area contributed by atoms with Crippen LogP contribution in [0.15, 0.2) is 18.2 Å². The minimum absolute atomic E-state index is 0.0281. The van der Waals surface area contributed by atoms with E-state index in [4.69, 9.17) is 11.6 Å². The lowest BCUT2D eigenvalue weighted by Gasteiger charge is -2.36. The second kappa shape index (κ2) is 6.07. The van der Waals surface area contributed by atoms with Crippen LogP contribution in [0.25, 0.3) is 0 Å². The number of anilines is 1. The van der Waals surface area contributed by atoms with Crippen molar-refractivity contribution in [3.63, 3.8) is 0 Å².